The third-order valence-corrected chi connectivity index (χ3v) is 2.25. The van der Waals surface area contributed by atoms with Crippen LogP contribution in [-0.4, -0.2) is 13.1 Å². The standard InChI is InChI=1S/C11H13FO2.C2H6/c1-7-4-5-9(6-10(7)12)8(2)11(13)14-3;1-2/h4-6,8H,1-3H3;1-2H3. The number of ether oxygens (including phenoxy) is 1. The van der Waals surface area contributed by atoms with Gasteiger partial charge in [-0.3, -0.25) is 4.79 Å². The van der Waals surface area contributed by atoms with Crippen molar-refractivity contribution in [1.82, 2.24) is 0 Å². The number of carbonyl (C=O) groups excluding carboxylic acids is 1. The number of carbonyl (C=O) groups is 1. The summed E-state index contributed by atoms with van der Waals surface area (Å²) in [6.45, 7) is 7.37. The average Bonchev–Trinajstić information content (AvgIpc) is 2.33. The molecule has 0 heterocycles. The van der Waals surface area contributed by atoms with Crippen molar-refractivity contribution in [2.75, 3.05) is 7.11 Å². The van der Waals surface area contributed by atoms with Crippen LogP contribution in [0.2, 0.25) is 0 Å². The third kappa shape index (κ3) is 3.65. The van der Waals surface area contributed by atoms with Crippen LogP contribution >= 0.6 is 0 Å². The predicted molar refractivity (Wildman–Crippen MR) is 62.9 cm³/mol. The Bertz CT molecular complexity index is 348. The summed E-state index contributed by atoms with van der Waals surface area (Å²) in [6, 6.07) is 4.76. The summed E-state index contributed by atoms with van der Waals surface area (Å²) in [5.74, 6) is -1.07. The summed E-state index contributed by atoms with van der Waals surface area (Å²) >= 11 is 0. The van der Waals surface area contributed by atoms with Crippen molar-refractivity contribution < 1.29 is 13.9 Å². The molecular formula is C13H19FO2. The van der Waals surface area contributed by atoms with Crippen LogP contribution < -0.4 is 0 Å². The molecule has 0 saturated carbocycles. The topological polar surface area (TPSA) is 26.3 Å². The average molecular weight is 226 g/mol. The first-order valence-corrected chi connectivity index (χ1v) is 5.40. The summed E-state index contributed by atoms with van der Waals surface area (Å²) in [5.41, 5.74) is 1.21. The summed E-state index contributed by atoms with van der Waals surface area (Å²) in [7, 11) is 1.32. The van der Waals surface area contributed by atoms with Crippen LogP contribution in [0.15, 0.2) is 18.2 Å². The van der Waals surface area contributed by atoms with Crippen molar-refractivity contribution in [1.29, 1.82) is 0 Å². The molecule has 1 unspecified atom stereocenters. The fraction of sp³-hybridized carbons (Fsp3) is 0.462. The molecule has 0 aliphatic heterocycles. The van der Waals surface area contributed by atoms with Gasteiger partial charge in [0.2, 0.25) is 0 Å². The van der Waals surface area contributed by atoms with Crippen molar-refractivity contribution in [2.45, 2.75) is 33.6 Å². The van der Waals surface area contributed by atoms with Crippen LogP contribution in [0.4, 0.5) is 4.39 Å². The molecule has 0 aliphatic carbocycles. The molecule has 1 rings (SSSR count). The van der Waals surface area contributed by atoms with E-state index < -0.39 is 5.92 Å². The molecule has 0 amide bonds. The highest BCUT2D eigenvalue weighted by molar-refractivity contribution is 5.77. The van der Waals surface area contributed by atoms with Crippen LogP contribution in [0.25, 0.3) is 0 Å². The van der Waals surface area contributed by atoms with Gasteiger partial charge in [-0.1, -0.05) is 26.0 Å². The Hall–Kier alpha value is -1.38. The van der Waals surface area contributed by atoms with Crippen molar-refractivity contribution in [3.05, 3.63) is 35.1 Å². The minimum atomic E-state index is -0.421. The Balaban J connectivity index is 0.00000106. The first-order chi connectivity index (χ1) is 7.56. The van der Waals surface area contributed by atoms with Gasteiger partial charge in [0.15, 0.2) is 0 Å². The van der Waals surface area contributed by atoms with E-state index in [1.807, 2.05) is 13.8 Å². The monoisotopic (exact) mass is 226 g/mol. The normalized spacial score (nSPS) is 11.1. The van der Waals surface area contributed by atoms with Gasteiger partial charge in [0, 0.05) is 0 Å². The lowest BCUT2D eigenvalue weighted by molar-refractivity contribution is -0.141. The maximum Gasteiger partial charge on any atom is 0.312 e. The number of halogens is 1. The third-order valence-electron chi connectivity index (χ3n) is 2.25. The Labute approximate surface area is 96.4 Å². The maximum atomic E-state index is 13.2. The van der Waals surface area contributed by atoms with Gasteiger partial charge >= 0.3 is 5.97 Å². The van der Waals surface area contributed by atoms with Crippen LogP contribution in [0, 0.1) is 12.7 Å². The quantitative estimate of drug-likeness (QED) is 0.722. The summed E-state index contributed by atoms with van der Waals surface area (Å²) in [4.78, 5) is 11.2. The predicted octanol–water partition coefficient (Wildman–Crippen LogP) is 3.44. The zero-order valence-corrected chi connectivity index (χ0v) is 10.5. The van der Waals surface area contributed by atoms with Gasteiger partial charge in [0.05, 0.1) is 13.0 Å². The number of hydrogen-bond acceptors (Lipinski definition) is 2. The Morgan fingerprint density at radius 1 is 1.38 bits per heavy atom. The largest absolute Gasteiger partial charge is 0.469 e. The number of rotatable bonds is 2. The van der Waals surface area contributed by atoms with Gasteiger partial charge in [0.1, 0.15) is 5.82 Å². The highest BCUT2D eigenvalue weighted by Crippen LogP contribution is 2.19. The lowest BCUT2D eigenvalue weighted by Crippen LogP contribution is -2.11. The van der Waals surface area contributed by atoms with Crippen molar-refractivity contribution in [2.24, 2.45) is 0 Å². The van der Waals surface area contributed by atoms with Gasteiger partial charge in [-0.2, -0.15) is 0 Å². The smallest absolute Gasteiger partial charge is 0.312 e. The van der Waals surface area contributed by atoms with Gasteiger partial charge in [0.25, 0.3) is 0 Å². The van der Waals surface area contributed by atoms with E-state index in [2.05, 4.69) is 4.74 Å². The molecule has 90 valence electrons. The molecule has 0 aliphatic rings. The molecule has 0 fully saturated rings. The van der Waals surface area contributed by atoms with Gasteiger partial charge in [-0.25, -0.2) is 4.39 Å². The summed E-state index contributed by atoms with van der Waals surface area (Å²) in [6.07, 6.45) is 0. The molecule has 0 spiro atoms. The Morgan fingerprint density at radius 2 is 1.94 bits per heavy atom. The van der Waals surface area contributed by atoms with Crippen molar-refractivity contribution in [3.8, 4) is 0 Å². The molecule has 0 aromatic heterocycles. The molecule has 1 atom stereocenters. The molecule has 0 saturated heterocycles. The second-order valence-electron chi connectivity index (χ2n) is 3.25. The molecule has 1 aromatic rings. The van der Waals surface area contributed by atoms with E-state index >= 15 is 0 Å². The van der Waals surface area contributed by atoms with Crippen LogP contribution in [0.3, 0.4) is 0 Å². The van der Waals surface area contributed by atoms with E-state index in [-0.39, 0.29) is 11.8 Å². The van der Waals surface area contributed by atoms with Crippen molar-refractivity contribution in [3.63, 3.8) is 0 Å². The lowest BCUT2D eigenvalue weighted by Gasteiger charge is -2.09. The molecular weight excluding hydrogens is 207 g/mol. The number of hydrogen-bond donors (Lipinski definition) is 0. The number of benzene rings is 1. The van der Waals surface area contributed by atoms with Crippen LogP contribution in [-0.2, 0) is 9.53 Å². The highest BCUT2D eigenvalue weighted by atomic mass is 19.1. The van der Waals surface area contributed by atoms with E-state index in [0.29, 0.717) is 11.1 Å². The molecule has 3 heteroatoms. The SMILES string of the molecule is CC.COC(=O)C(C)c1ccc(C)c(F)c1. The fourth-order valence-corrected chi connectivity index (χ4v) is 1.19. The maximum absolute atomic E-state index is 13.2. The van der Waals surface area contributed by atoms with Crippen LogP contribution in [0.1, 0.15) is 37.8 Å². The first kappa shape index (κ1) is 14.6. The fourth-order valence-electron chi connectivity index (χ4n) is 1.19. The number of methoxy groups -OCH3 is 1. The van der Waals surface area contributed by atoms with E-state index in [1.165, 1.54) is 13.2 Å². The van der Waals surface area contributed by atoms with Gasteiger partial charge in [-0.15, -0.1) is 0 Å². The Morgan fingerprint density at radius 3 is 2.38 bits per heavy atom. The summed E-state index contributed by atoms with van der Waals surface area (Å²) in [5, 5.41) is 0. The van der Waals surface area contributed by atoms with E-state index in [9.17, 15) is 9.18 Å². The minimum Gasteiger partial charge on any atom is -0.469 e. The number of esters is 1. The van der Waals surface area contributed by atoms with E-state index in [0.717, 1.165) is 0 Å². The minimum absolute atomic E-state index is 0.293. The lowest BCUT2D eigenvalue weighted by atomic mass is 10.00. The zero-order valence-electron chi connectivity index (χ0n) is 10.5. The zero-order chi connectivity index (χ0) is 12.7. The molecule has 0 N–H and O–H groups in total. The van der Waals surface area contributed by atoms with E-state index in [1.54, 1.807) is 26.0 Å². The highest BCUT2D eigenvalue weighted by Gasteiger charge is 2.16. The molecule has 2 nitrogen and oxygen atoms in total. The Kier molecular flexibility index (Phi) is 6.38. The van der Waals surface area contributed by atoms with E-state index in [4.69, 9.17) is 0 Å². The molecule has 0 bridgehead atoms. The second-order valence-corrected chi connectivity index (χ2v) is 3.25. The molecule has 1 aromatic carbocycles. The molecule has 16 heavy (non-hydrogen) atoms. The first-order valence-electron chi connectivity index (χ1n) is 5.40. The van der Waals surface area contributed by atoms with Gasteiger partial charge in [-0.05, 0) is 31.0 Å². The van der Waals surface area contributed by atoms with Gasteiger partial charge < -0.3 is 4.74 Å². The summed E-state index contributed by atoms with van der Waals surface area (Å²) < 4.78 is 17.7. The molecule has 0 radical (unpaired) electrons. The van der Waals surface area contributed by atoms with Crippen molar-refractivity contribution >= 4 is 5.97 Å². The second kappa shape index (κ2) is 6.99. The van der Waals surface area contributed by atoms with Crippen LogP contribution in [0.5, 0.6) is 0 Å². The number of aryl methyl sites for hydroxylation is 1.